The standard InChI is InChI=1S/C19H22N4O/c24-19(17-14-20-18-8-2-1-7-16(17)18)23-12-4-3-6-15(23)9-13-22-11-5-10-21-22/h1-2,5,7-8,10-11,14-15,20H,3-4,6,9,12-13H2. The summed E-state index contributed by atoms with van der Waals surface area (Å²) in [6.45, 7) is 1.71. The predicted molar refractivity (Wildman–Crippen MR) is 93.8 cm³/mol. The molecular weight excluding hydrogens is 300 g/mol. The number of fused-ring (bicyclic) bond motifs is 1. The van der Waals surface area contributed by atoms with Gasteiger partial charge in [-0.2, -0.15) is 5.10 Å². The lowest BCUT2D eigenvalue weighted by molar-refractivity contribution is 0.0596. The average molecular weight is 322 g/mol. The number of carbonyl (C=O) groups is 1. The molecule has 124 valence electrons. The highest BCUT2D eigenvalue weighted by atomic mass is 16.2. The Hall–Kier alpha value is -2.56. The lowest BCUT2D eigenvalue weighted by Gasteiger charge is -2.36. The first kappa shape index (κ1) is 15.0. The molecule has 0 spiro atoms. The number of hydrogen-bond donors (Lipinski definition) is 1. The number of piperidine rings is 1. The normalized spacial score (nSPS) is 18.2. The molecule has 1 aliphatic rings. The minimum absolute atomic E-state index is 0.151. The number of aromatic amines is 1. The number of aryl methyl sites for hydroxylation is 1. The second kappa shape index (κ2) is 6.51. The zero-order chi connectivity index (χ0) is 16.4. The van der Waals surface area contributed by atoms with Gasteiger partial charge in [0.25, 0.3) is 5.91 Å². The molecule has 1 aliphatic heterocycles. The second-order valence-electron chi connectivity index (χ2n) is 6.45. The first-order valence-corrected chi connectivity index (χ1v) is 8.67. The van der Waals surface area contributed by atoms with Gasteiger partial charge in [-0.05, 0) is 37.8 Å². The molecule has 1 atom stereocenters. The molecule has 2 aromatic heterocycles. The molecule has 5 heteroatoms. The predicted octanol–water partition coefficient (Wildman–Crippen LogP) is 3.45. The Bertz CT molecular complexity index is 821. The Balaban J connectivity index is 1.54. The smallest absolute Gasteiger partial charge is 0.256 e. The Morgan fingerprint density at radius 1 is 1.25 bits per heavy atom. The van der Waals surface area contributed by atoms with Gasteiger partial charge in [-0.15, -0.1) is 0 Å². The van der Waals surface area contributed by atoms with Crippen molar-refractivity contribution < 1.29 is 4.79 Å². The minimum Gasteiger partial charge on any atom is -0.360 e. The van der Waals surface area contributed by atoms with Gasteiger partial charge in [0, 0.05) is 48.6 Å². The van der Waals surface area contributed by atoms with Crippen LogP contribution in [0.4, 0.5) is 0 Å². The molecule has 3 aromatic rings. The van der Waals surface area contributed by atoms with E-state index in [1.165, 1.54) is 6.42 Å². The topological polar surface area (TPSA) is 53.9 Å². The van der Waals surface area contributed by atoms with Crippen molar-refractivity contribution in [3.63, 3.8) is 0 Å². The van der Waals surface area contributed by atoms with E-state index in [0.717, 1.165) is 48.8 Å². The molecule has 0 radical (unpaired) electrons. The number of nitrogens with zero attached hydrogens (tertiary/aromatic N) is 3. The zero-order valence-corrected chi connectivity index (χ0v) is 13.7. The summed E-state index contributed by atoms with van der Waals surface area (Å²) in [5, 5.41) is 5.28. The molecule has 1 saturated heterocycles. The monoisotopic (exact) mass is 322 g/mol. The lowest BCUT2D eigenvalue weighted by atomic mass is 9.98. The van der Waals surface area contributed by atoms with Crippen LogP contribution in [0.5, 0.6) is 0 Å². The van der Waals surface area contributed by atoms with Gasteiger partial charge in [-0.3, -0.25) is 9.48 Å². The third-order valence-electron chi connectivity index (χ3n) is 4.96. The van der Waals surface area contributed by atoms with Crippen LogP contribution in [0, 0.1) is 0 Å². The number of benzene rings is 1. The number of nitrogens with one attached hydrogen (secondary N) is 1. The largest absolute Gasteiger partial charge is 0.360 e. The Morgan fingerprint density at radius 3 is 3.04 bits per heavy atom. The highest BCUT2D eigenvalue weighted by Gasteiger charge is 2.28. The fourth-order valence-electron chi connectivity index (χ4n) is 3.69. The molecule has 4 rings (SSSR count). The molecule has 1 fully saturated rings. The summed E-state index contributed by atoms with van der Waals surface area (Å²) in [6.07, 6.45) is 9.95. The summed E-state index contributed by atoms with van der Waals surface area (Å²) in [4.78, 5) is 18.4. The average Bonchev–Trinajstić information content (AvgIpc) is 3.29. The molecular formula is C19H22N4O. The van der Waals surface area contributed by atoms with Gasteiger partial charge in [-0.25, -0.2) is 0 Å². The third kappa shape index (κ3) is 2.82. The molecule has 0 bridgehead atoms. The molecule has 0 saturated carbocycles. The van der Waals surface area contributed by atoms with Crippen LogP contribution in [0.25, 0.3) is 10.9 Å². The quantitative estimate of drug-likeness (QED) is 0.800. The van der Waals surface area contributed by atoms with Gasteiger partial charge >= 0.3 is 0 Å². The molecule has 3 heterocycles. The van der Waals surface area contributed by atoms with E-state index < -0.39 is 0 Å². The SMILES string of the molecule is O=C(c1c[nH]c2ccccc12)N1CCCCC1CCn1cccn1. The van der Waals surface area contributed by atoms with Gasteiger partial charge in [0.1, 0.15) is 0 Å². The van der Waals surface area contributed by atoms with Crippen molar-refractivity contribution in [2.45, 2.75) is 38.3 Å². The molecule has 5 nitrogen and oxygen atoms in total. The maximum absolute atomic E-state index is 13.1. The van der Waals surface area contributed by atoms with Crippen molar-refractivity contribution in [1.29, 1.82) is 0 Å². The Morgan fingerprint density at radius 2 is 2.17 bits per heavy atom. The van der Waals surface area contributed by atoms with E-state index in [1.54, 1.807) is 6.20 Å². The maximum Gasteiger partial charge on any atom is 0.256 e. The van der Waals surface area contributed by atoms with Crippen molar-refractivity contribution in [2.24, 2.45) is 0 Å². The first-order chi connectivity index (χ1) is 11.8. The molecule has 1 unspecified atom stereocenters. The number of hydrogen-bond acceptors (Lipinski definition) is 2. The van der Waals surface area contributed by atoms with Crippen LogP contribution in [0.15, 0.2) is 48.9 Å². The van der Waals surface area contributed by atoms with Crippen LogP contribution in [-0.4, -0.2) is 38.2 Å². The summed E-state index contributed by atoms with van der Waals surface area (Å²) in [5.74, 6) is 0.151. The highest BCUT2D eigenvalue weighted by Crippen LogP contribution is 2.25. The van der Waals surface area contributed by atoms with Gasteiger partial charge in [-0.1, -0.05) is 18.2 Å². The lowest BCUT2D eigenvalue weighted by Crippen LogP contribution is -2.44. The van der Waals surface area contributed by atoms with E-state index in [4.69, 9.17) is 0 Å². The highest BCUT2D eigenvalue weighted by molar-refractivity contribution is 6.06. The van der Waals surface area contributed by atoms with Crippen molar-refractivity contribution >= 4 is 16.8 Å². The van der Waals surface area contributed by atoms with E-state index in [9.17, 15) is 4.79 Å². The molecule has 1 amide bonds. The second-order valence-corrected chi connectivity index (χ2v) is 6.45. The van der Waals surface area contributed by atoms with Crippen LogP contribution in [0.3, 0.4) is 0 Å². The van der Waals surface area contributed by atoms with Crippen LogP contribution >= 0.6 is 0 Å². The van der Waals surface area contributed by atoms with E-state index in [2.05, 4.69) is 15.0 Å². The maximum atomic E-state index is 13.1. The van der Waals surface area contributed by atoms with Crippen molar-refractivity contribution in [2.75, 3.05) is 6.54 Å². The Labute approximate surface area is 141 Å². The number of aromatic nitrogens is 3. The fraction of sp³-hybridized carbons (Fsp3) is 0.368. The van der Waals surface area contributed by atoms with E-state index >= 15 is 0 Å². The number of carbonyl (C=O) groups excluding carboxylic acids is 1. The summed E-state index contributed by atoms with van der Waals surface area (Å²) >= 11 is 0. The van der Waals surface area contributed by atoms with Gasteiger partial charge < -0.3 is 9.88 Å². The summed E-state index contributed by atoms with van der Waals surface area (Å²) in [7, 11) is 0. The number of amides is 1. The Kier molecular flexibility index (Phi) is 4.07. The first-order valence-electron chi connectivity index (χ1n) is 8.67. The van der Waals surface area contributed by atoms with Gasteiger partial charge in [0.15, 0.2) is 0 Å². The molecule has 0 aliphatic carbocycles. The number of rotatable bonds is 4. The summed E-state index contributed by atoms with van der Waals surface area (Å²) < 4.78 is 1.95. The van der Waals surface area contributed by atoms with Crippen LogP contribution in [0.2, 0.25) is 0 Å². The number of para-hydroxylation sites is 1. The minimum atomic E-state index is 0.151. The molecule has 1 N–H and O–H groups in total. The van der Waals surface area contributed by atoms with E-state index in [1.807, 2.05) is 47.4 Å². The molecule has 1 aromatic carbocycles. The third-order valence-corrected chi connectivity index (χ3v) is 4.96. The summed E-state index contributed by atoms with van der Waals surface area (Å²) in [5.41, 5.74) is 1.81. The van der Waals surface area contributed by atoms with Crippen molar-refractivity contribution in [3.8, 4) is 0 Å². The molecule has 24 heavy (non-hydrogen) atoms. The van der Waals surface area contributed by atoms with E-state index in [-0.39, 0.29) is 5.91 Å². The van der Waals surface area contributed by atoms with Crippen LogP contribution < -0.4 is 0 Å². The summed E-state index contributed by atoms with van der Waals surface area (Å²) in [6, 6.07) is 10.2. The number of H-pyrrole nitrogens is 1. The fourth-order valence-corrected chi connectivity index (χ4v) is 3.69. The van der Waals surface area contributed by atoms with E-state index in [0.29, 0.717) is 6.04 Å². The van der Waals surface area contributed by atoms with Gasteiger partial charge in [0.05, 0.1) is 5.56 Å². The van der Waals surface area contributed by atoms with Gasteiger partial charge in [0.2, 0.25) is 0 Å². The van der Waals surface area contributed by atoms with Crippen LogP contribution in [0.1, 0.15) is 36.0 Å². The zero-order valence-electron chi connectivity index (χ0n) is 13.7. The van der Waals surface area contributed by atoms with Crippen LogP contribution in [-0.2, 0) is 6.54 Å². The van der Waals surface area contributed by atoms with Crippen molar-refractivity contribution in [3.05, 3.63) is 54.5 Å². The number of likely N-dealkylation sites (tertiary alicyclic amines) is 1. The van der Waals surface area contributed by atoms with Crippen molar-refractivity contribution in [1.82, 2.24) is 19.7 Å².